The van der Waals surface area contributed by atoms with Gasteiger partial charge in [0.15, 0.2) is 5.17 Å². The Hall–Kier alpha value is -4.67. The molecule has 0 atom stereocenters. The summed E-state index contributed by atoms with van der Waals surface area (Å²) < 4.78 is 37.3. The van der Waals surface area contributed by atoms with Crippen molar-refractivity contribution in [3.05, 3.63) is 63.1 Å². The number of aryl methyl sites for hydroxylation is 1. The number of halogens is 4. The molecular formula is C33H31ClF3N5O7S. The third-order valence-electron chi connectivity index (χ3n) is 8.04. The normalized spacial score (nSPS) is 17.1. The average molecular weight is 734 g/mol. The minimum Gasteiger partial charge on any atom is -0.478 e. The van der Waals surface area contributed by atoms with Gasteiger partial charge in [0, 0.05) is 30.1 Å². The number of anilines is 3. The second-order valence-corrected chi connectivity index (χ2v) is 12.8. The molecule has 0 radical (unpaired) electrons. The summed E-state index contributed by atoms with van der Waals surface area (Å²) in [5.41, 5.74) is 3.90. The zero-order valence-corrected chi connectivity index (χ0v) is 28.0. The van der Waals surface area contributed by atoms with E-state index < -0.39 is 24.0 Å². The molecule has 1 aromatic heterocycles. The van der Waals surface area contributed by atoms with Crippen LogP contribution in [0.4, 0.5) is 30.2 Å². The van der Waals surface area contributed by atoms with Crippen LogP contribution in [0.1, 0.15) is 47.8 Å². The molecule has 2 amide bonds. The van der Waals surface area contributed by atoms with Crippen LogP contribution in [0.2, 0.25) is 5.02 Å². The summed E-state index contributed by atoms with van der Waals surface area (Å²) in [6.07, 6.45) is 0.00810. The van der Waals surface area contributed by atoms with Gasteiger partial charge in [0.25, 0.3) is 5.91 Å². The van der Waals surface area contributed by atoms with Crippen molar-refractivity contribution < 1.29 is 47.3 Å². The molecule has 0 unspecified atom stereocenters. The molecule has 2 aliphatic heterocycles. The van der Waals surface area contributed by atoms with Crippen LogP contribution in [-0.2, 0) is 25.5 Å². The number of hydrogen-bond acceptors (Lipinski definition) is 9. The summed E-state index contributed by atoms with van der Waals surface area (Å²) in [6, 6.07) is 10.7. The topological polar surface area (TPSA) is 171 Å². The van der Waals surface area contributed by atoms with Gasteiger partial charge < -0.3 is 30.5 Å². The van der Waals surface area contributed by atoms with Crippen molar-refractivity contribution in [2.75, 3.05) is 41.8 Å². The fourth-order valence-corrected chi connectivity index (χ4v) is 6.33. The number of morpholine rings is 1. The number of aliphatic carboxylic acids is 1. The number of thioether (sulfide) groups is 1. The van der Waals surface area contributed by atoms with E-state index in [0.717, 1.165) is 24.8 Å². The Kier molecular flexibility index (Phi) is 11.3. The number of aliphatic imine (C=N–C) groups is 1. The van der Waals surface area contributed by atoms with Crippen LogP contribution in [0, 0.1) is 5.92 Å². The first-order chi connectivity index (χ1) is 23.7. The van der Waals surface area contributed by atoms with Gasteiger partial charge in [-0.25, -0.2) is 9.59 Å². The van der Waals surface area contributed by atoms with Gasteiger partial charge in [0.1, 0.15) is 5.56 Å². The Morgan fingerprint density at radius 3 is 2.42 bits per heavy atom. The summed E-state index contributed by atoms with van der Waals surface area (Å²) in [4.78, 5) is 57.8. The Morgan fingerprint density at radius 2 is 1.82 bits per heavy atom. The summed E-state index contributed by atoms with van der Waals surface area (Å²) in [6.45, 7) is 4.04. The number of nitrogens with zero attached hydrogens (tertiary/aromatic N) is 3. The van der Waals surface area contributed by atoms with Gasteiger partial charge in [-0.3, -0.25) is 14.6 Å². The number of pyridine rings is 1. The van der Waals surface area contributed by atoms with Gasteiger partial charge in [0.2, 0.25) is 5.91 Å². The minimum absolute atomic E-state index is 0.00347. The average Bonchev–Trinajstić information content (AvgIpc) is 3.38. The number of rotatable bonds is 7. The fourth-order valence-electron chi connectivity index (χ4n) is 5.34. The number of hydrogen-bond donors (Lipinski definition) is 4. The largest absolute Gasteiger partial charge is 0.490 e. The number of amidine groups is 1. The highest BCUT2D eigenvalue weighted by molar-refractivity contribution is 8.18. The number of carboxylic acids is 2. The highest BCUT2D eigenvalue weighted by Crippen LogP contribution is 2.37. The molecule has 17 heteroatoms. The lowest BCUT2D eigenvalue weighted by molar-refractivity contribution is -0.192. The SMILES string of the molecule is CCc1nc2ccc(C=C3SC(Nc4cc(NC(=O)C5CCC5)ccc4Cl)=NC3=O)cc2c(N2CCOCC2)c1C(=O)O.O=C(O)C(F)(F)F. The van der Waals surface area contributed by atoms with E-state index in [9.17, 15) is 32.7 Å². The number of carbonyl (C=O) groups excluding carboxylic acids is 2. The van der Waals surface area contributed by atoms with Crippen LogP contribution in [0.5, 0.6) is 0 Å². The van der Waals surface area contributed by atoms with Crippen molar-refractivity contribution in [3.63, 3.8) is 0 Å². The second kappa shape index (κ2) is 15.5. The molecule has 50 heavy (non-hydrogen) atoms. The molecule has 2 aromatic carbocycles. The van der Waals surface area contributed by atoms with Gasteiger partial charge in [0.05, 0.1) is 45.7 Å². The first-order valence-corrected chi connectivity index (χ1v) is 16.7. The third kappa shape index (κ3) is 8.54. The number of benzene rings is 2. The maximum atomic E-state index is 12.9. The van der Waals surface area contributed by atoms with Gasteiger partial charge >= 0.3 is 18.1 Å². The van der Waals surface area contributed by atoms with Crippen LogP contribution in [0.15, 0.2) is 46.3 Å². The number of ether oxygens (including phenoxy) is 1. The lowest BCUT2D eigenvalue weighted by Gasteiger charge is -2.31. The van der Waals surface area contributed by atoms with Crippen molar-refractivity contribution in [3.8, 4) is 0 Å². The molecule has 4 N–H and O–H groups in total. The molecule has 264 valence electrons. The zero-order valence-electron chi connectivity index (χ0n) is 26.5. The summed E-state index contributed by atoms with van der Waals surface area (Å²) >= 11 is 7.58. The number of amides is 2. The Morgan fingerprint density at radius 1 is 1.12 bits per heavy atom. The lowest BCUT2D eigenvalue weighted by atomic mass is 9.85. The minimum atomic E-state index is -5.08. The van der Waals surface area contributed by atoms with Gasteiger partial charge in [-0.1, -0.05) is 31.0 Å². The number of carboxylic acid groups (broad SMARTS) is 2. The van der Waals surface area contributed by atoms with E-state index in [-0.39, 0.29) is 17.4 Å². The third-order valence-corrected chi connectivity index (χ3v) is 9.27. The van der Waals surface area contributed by atoms with Crippen molar-refractivity contribution in [2.45, 2.75) is 38.8 Å². The number of aromatic nitrogens is 1. The monoisotopic (exact) mass is 733 g/mol. The maximum absolute atomic E-state index is 12.9. The van der Waals surface area contributed by atoms with Crippen molar-refractivity contribution in [1.29, 1.82) is 0 Å². The molecule has 0 bridgehead atoms. The van der Waals surface area contributed by atoms with Crippen LogP contribution < -0.4 is 15.5 Å². The molecule has 3 heterocycles. The van der Waals surface area contributed by atoms with E-state index in [4.69, 9.17) is 26.2 Å². The van der Waals surface area contributed by atoms with E-state index in [1.165, 1.54) is 11.8 Å². The first-order valence-electron chi connectivity index (χ1n) is 15.5. The summed E-state index contributed by atoms with van der Waals surface area (Å²) in [7, 11) is 0. The highest BCUT2D eigenvalue weighted by Gasteiger charge is 2.38. The Balaban J connectivity index is 0.000000630. The highest BCUT2D eigenvalue weighted by atomic mass is 35.5. The lowest BCUT2D eigenvalue weighted by Crippen LogP contribution is -2.37. The molecule has 0 spiro atoms. The number of alkyl halides is 3. The van der Waals surface area contributed by atoms with E-state index in [1.54, 1.807) is 24.3 Å². The van der Waals surface area contributed by atoms with E-state index >= 15 is 0 Å². The number of fused-ring (bicyclic) bond motifs is 1. The predicted octanol–water partition coefficient (Wildman–Crippen LogP) is 6.44. The molecule has 1 saturated heterocycles. The first kappa shape index (κ1) is 36.6. The Bertz CT molecular complexity index is 1910. The molecule has 2 fully saturated rings. The zero-order chi connectivity index (χ0) is 36.2. The van der Waals surface area contributed by atoms with Crippen LogP contribution in [0.25, 0.3) is 17.0 Å². The van der Waals surface area contributed by atoms with Crippen LogP contribution >= 0.6 is 23.4 Å². The fraction of sp³-hybridized carbons (Fsp3) is 0.333. The molecular weight excluding hydrogens is 703 g/mol. The summed E-state index contributed by atoms with van der Waals surface area (Å²) in [5.74, 6) is -4.14. The van der Waals surface area contributed by atoms with Gasteiger partial charge in [-0.15, -0.1) is 0 Å². The summed E-state index contributed by atoms with van der Waals surface area (Å²) in [5, 5.41) is 24.8. The van der Waals surface area contributed by atoms with Gasteiger partial charge in [-0.2, -0.15) is 18.2 Å². The number of nitrogens with one attached hydrogen (secondary N) is 2. The van der Waals surface area contributed by atoms with E-state index in [1.807, 2.05) is 30.0 Å². The van der Waals surface area contributed by atoms with E-state index in [2.05, 4.69) is 20.6 Å². The molecule has 3 aromatic rings. The van der Waals surface area contributed by atoms with Crippen LogP contribution in [-0.4, -0.2) is 76.6 Å². The predicted molar refractivity (Wildman–Crippen MR) is 184 cm³/mol. The maximum Gasteiger partial charge on any atom is 0.490 e. The molecule has 1 saturated carbocycles. The molecule has 6 rings (SSSR count). The number of aromatic carboxylic acids is 1. The molecule has 1 aliphatic carbocycles. The smallest absolute Gasteiger partial charge is 0.478 e. The second-order valence-electron chi connectivity index (χ2n) is 11.4. The van der Waals surface area contributed by atoms with Gasteiger partial charge in [-0.05, 0) is 73.0 Å². The number of carbonyl (C=O) groups is 4. The Labute approximate surface area is 292 Å². The molecule has 3 aliphatic rings. The van der Waals surface area contributed by atoms with Crippen molar-refractivity contribution in [2.24, 2.45) is 10.9 Å². The van der Waals surface area contributed by atoms with Crippen molar-refractivity contribution >= 4 is 86.3 Å². The van der Waals surface area contributed by atoms with Crippen molar-refractivity contribution in [1.82, 2.24) is 4.98 Å². The standard InChI is InChI=1S/C31H30ClN5O5S.C2HF3O2/c1-2-22-26(30(40)41)27(37-10-12-42-13-11-37)20-14-17(6-9-23(20)34-22)15-25-29(39)36-31(43-25)35-24-16-19(7-8-21(24)32)33-28(38)18-4-3-5-18;3-2(4,5)1(6)7/h6-9,14-16,18H,2-5,10-13H2,1H3,(H,33,38)(H,40,41)(H,35,36,39);(H,6,7). The van der Waals surface area contributed by atoms with E-state index in [0.29, 0.717) is 81.5 Å². The van der Waals surface area contributed by atoms with Crippen LogP contribution in [0.3, 0.4) is 0 Å². The quantitative estimate of drug-likeness (QED) is 0.197. The molecule has 12 nitrogen and oxygen atoms in total.